The van der Waals surface area contributed by atoms with Gasteiger partial charge in [0.05, 0.1) is 24.4 Å². The summed E-state index contributed by atoms with van der Waals surface area (Å²) in [6.07, 6.45) is -3.08. The molecule has 47 heavy (non-hydrogen) atoms. The van der Waals surface area contributed by atoms with Gasteiger partial charge in [-0.2, -0.15) is 13.2 Å². The largest absolute Gasteiger partial charge is 0.488 e. The molecule has 0 fully saturated rings. The van der Waals surface area contributed by atoms with E-state index in [2.05, 4.69) is 10.2 Å². The van der Waals surface area contributed by atoms with Gasteiger partial charge in [-0.05, 0) is 83.2 Å². The van der Waals surface area contributed by atoms with Crippen LogP contribution in [0.4, 0.5) is 23.7 Å². The number of rotatable bonds is 15. The Morgan fingerprint density at radius 1 is 1.06 bits per heavy atom. The van der Waals surface area contributed by atoms with Crippen molar-refractivity contribution in [1.29, 1.82) is 0 Å². The van der Waals surface area contributed by atoms with E-state index in [9.17, 15) is 27.6 Å². The van der Waals surface area contributed by atoms with Gasteiger partial charge in [0, 0.05) is 32.6 Å². The number of hydrogen-bond acceptors (Lipinski definition) is 8. The van der Waals surface area contributed by atoms with E-state index in [1.165, 1.54) is 17.0 Å². The van der Waals surface area contributed by atoms with Crippen molar-refractivity contribution in [3.63, 3.8) is 0 Å². The van der Waals surface area contributed by atoms with E-state index in [4.69, 9.17) is 18.9 Å². The fourth-order valence-corrected chi connectivity index (χ4v) is 5.35. The van der Waals surface area contributed by atoms with Crippen LogP contribution < -0.4 is 19.7 Å². The highest BCUT2D eigenvalue weighted by atomic mass is 19.4. The number of esters is 1. The van der Waals surface area contributed by atoms with Crippen LogP contribution in [0.5, 0.6) is 11.5 Å². The van der Waals surface area contributed by atoms with Crippen molar-refractivity contribution in [1.82, 2.24) is 10.2 Å². The van der Waals surface area contributed by atoms with Gasteiger partial charge in [-0.1, -0.05) is 18.2 Å². The highest BCUT2D eigenvalue weighted by Crippen LogP contribution is 2.34. The van der Waals surface area contributed by atoms with Crippen molar-refractivity contribution >= 4 is 23.7 Å². The smallest absolute Gasteiger partial charge is 0.422 e. The van der Waals surface area contributed by atoms with E-state index in [0.29, 0.717) is 44.5 Å². The number of carbonyl (C=O) groups excluding carboxylic acids is 3. The Morgan fingerprint density at radius 3 is 2.36 bits per heavy atom. The van der Waals surface area contributed by atoms with E-state index >= 15 is 0 Å². The van der Waals surface area contributed by atoms with E-state index in [0.717, 1.165) is 23.2 Å². The first-order valence-electron chi connectivity index (χ1n) is 15.8. The average molecular weight is 666 g/mol. The first-order chi connectivity index (χ1) is 22.1. The molecule has 1 aliphatic heterocycles. The van der Waals surface area contributed by atoms with Crippen LogP contribution in [0.3, 0.4) is 0 Å². The minimum atomic E-state index is -4.51. The highest BCUT2D eigenvalue weighted by molar-refractivity contribution is 6.01. The first-order valence-corrected chi connectivity index (χ1v) is 15.8. The molecule has 1 N–H and O–H groups in total. The maximum atomic E-state index is 13.3. The van der Waals surface area contributed by atoms with E-state index in [1.54, 1.807) is 46.9 Å². The standard InChI is InChI=1S/C34H46F3N3O7/c1-7-44-29(41)13-10-15-39-16-14-25-20-24(21-26(30(25)39)31(42)38-6)19-23(2)40(32(43)47-33(3,4)5)17-18-45-27-11-8-9-12-28(27)46-22-34(35,36)37/h8-9,11-12,20-21,23H,7,10,13-19,22H2,1-6H3,(H,38,42)/t23-/m1/s1. The van der Waals surface area contributed by atoms with Crippen molar-refractivity contribution < 1.29 is 46.5 Å². The molecule has 2 aromatic rings. The molecule has 0 saturated heterocycles. The molecule has 13 heteroatoms. The van der Waals surface area contributed by atoms with Crippen molar-refractivity contribution in [3.8, 4) is 11.5 Å². The molecule has 3 rings (SSSR count). The van der Waals surface area contributed by atoms with Crippen LogP contribution in [-0.2, 0) is 27.1 Å². The minimum absolute atomic E-state index is 0.0373. The maximum absolute atomic E-state index is 13.3. The average Bonchev–Trinajstić information content (AvgIpc) is 3.39. The Morgan fingerprint density at radius 2 is 1.74 bits per heavy atom. The lowest BCUT2D eigenvalue weighted by Crippen LogP contribution is -2.45. The summed E-state index contributed by atoms with van der Waals surface area (Å²) >= 11 is 0. The Labute approximate surface area is 274 Å². The van der Waals surface area contributed by atoms with Gasteiger partial charge in [0.15, 0.2) is 18.1 Å². The van der Waals surface area contributed by atoms with Gasteiger partial charge >= 0.3 is 18.2 Å². The quantitative estimate of drug-likeness (QED) is 0.233. The number of anilines is 1. The molecule has 2 aromatic carbocycles. The summed E-state index contributed by atoms with van der Waals surface area (Å²) in [7, 11) is 1.57. The third-order valence-electron chi connectivity index (χ3n) is 7.32. The van der Waals surface area contributed by atoms with Crippen molar-refractivity contribution in [2.24, 2.45) is 0 Å². The summed E-state index contributed by atoms with van der Waals surface area (Å²) in [4.78, 5) is 41.9. The number of benzene rings is 2. The lowest BCUT2D eigenvalue weighted by molar-refractivity contribution is -0.153. The van der Waals surface area contributed by atoms with Crippen LogP contribution in [0.15, 0.2) is 36.4 Å². The third kappa shape index (κ3) is 11.5. The molecule has 0 aromatic heterocycles. The number of alkyl halides is 3. The molecule has 1 atom stereocenters. The number of nitrogens with zero attached hydrogens (tertiary/aromatic N) is 2. The van der Waals surface area contributed by atoms with E-state index in [1.807, 2.05) is 19.1 Å². The Bertz CT molecular complexity index is 1380. The lowest BCUT2D eigenvalue weighted by Gasteiger charge is -2.32. The number of fused-ring (bicyclic) bond motifs is 1. The number of ether oxygens (including phenoxy) is 4. The molecule has 10 nitrogen and oxygen atoms in total. The van der Waals surface area contributed by atoms with Crippen molar-refractivity contribution in [2.75, 3.05) is 51.4 Å². The molecule has 0 saturated carbocycles. The lowest BCUT2D eigenvalue weighted by atomic mass is 9.97. The second-order valence-corrected chi connectivity index (χ2v) is 12.3. The Balaban J connectivity index is 1.78. The van der Waals surface area contributed by atoms with Gasteiger partial charge in [0.2, 0.25) is 0 Å². The molecule has 0 aliphatic carbocycles. The van der Waals surface area contributed by atoms with E-state index in [-0.39, 0.29) is 36.5 Å². The van der Waals surface area contributed by atoms with Crippen molar-refractivity contribution in [2.45, 2.75) is 78.1 Å². The number of halogens is 3. The van der Waals surface area contributed by atoms with Crippen LogP contribution in [0.25, 0.3) is 0 Å². The Kier molecular flexibility index (Phi) is 13.2. The summed E-state index contributed by atoms with van der Waals surface area (Å²) in [5.74, 6) is -0.427. The maximum Gasteiger partial charge on any atom is 0.422 e. The summed E-state index contributed by atoms with van der Waals surface area (Å²) in [5.41, 5.74) is 2.44. The second-order valence-electron chi connectivity index (χ2n) is 12.3. The molecular weight excluding hydrogens is 619 g/mol. The number of amides is 2. The number of carbonyl (C=O) groups is 3. The number of hydrogen-bond donors (Lipinski definition) is 1. The fourth-order valence-electron chi connectivity index (χ4n) is 5.35. The minimum Gasteiger partial charge on any atom is -0.488 e. The molecule has 0 bridgehead atoms. The summed E-state index contributed by atoms with van der Waals surface area (Å²) < 4.78 is 59.6. The molecular formula is C34H46F3N3O7. The predicted molar refractivity (Wildman–Crippen MR) is 171 cm³/mol. The normalized spacial score (nSPS) is 13.4. The zero-order chi connectivity index (χ0) is 34.8. The summed E-state index contributed by atoms with van der Waals surface area (Å²) in [6, 6.07) is 9.51. The number of nitrogens with one attached hydrogen (secondary N) is 1. The molecule has 0 radical (unpaired) electrons. The summed E-state index contributed by atoms with van der Waals surface area (Å²) in [5, 5.41) is 2.72. The molecule has 1 heterocycles. The third-order valence-corrected chi connectivity index (χ3v) is 7.32. The van der Waals surface area contributed by atoms with Crippen molar-refractivity contribution in [3.05, 3.63) is 53.1 Å². The van der Waals surface area contributed by atoms with Crippen LogP contribution in [0.1, 0.15) is 68.9 Å². The summed E-state index contributed by atoms with van der Waals surface area (Å²) in [6.45, 7) is 9.11. The molecule has 1 aliphatic rings. The fraction of sp³-hybridized carbons (Fsp3) is 0.559. The van der Waals surface area contributed by atoms with Crippen LogP contribution >= 0.6 is 0 Å². The van der Waals surface area contributed by atoms with Crippen LogP contribution in [-0.4, -0.2) is 87.2 Å². The topological polar surface area (TPSA) is 107 Å². The van der Waals surface area contributed by atoms with Gasteiger partial charge in [-0.25, -0.2) is 4.79 Å². The van der Waals surface area contributed by atoms with Gasteiger partial charge in [-0.3, -0.25) is 9.59 Å². The zero-order valence-electron chi connectivity index (χ0n) is 28.0. The molecule has 260 valence electrons. The SMILES string of the molecule is CCOC(=O)CCCN1CCc2cc(C[C@@H](C)N(CCOc3ccccc3OCC(F)(F)F)C(=O)OC(C)(C)C)cc(C(=O)NC)c21. The van der Waals surface area contributed by atoms with Gasteiger partial charge < -0.3 is 34.1 Å². The Hall–Kier alpha value is -4.16. The first kappa shape index (κ1) is 37.3. The van der Waals surface area contributed by atoms with Gasteiger partial charge in [-0.15, -0.1) is 0 Å². The van der Waals surface area contributed by atoms with Crippen LogP contribution in [0, 0.1) is 0 Å². The van der Waals surface area contributed by atoms with Gasteiger partial charge in [0.1, 0.15) is 12.2 Å². The van der Waals surface area contributed by atoms with Gasteiger partial charge in [0.25, 0.3) is 5.91 Å². The van der Waals surface area contributed by atoms with Crippen LogP contribution in [0.2, 0.25) is 0 Å². The second kappa shape index (κ2) is 16.6. The number of para-hydroxylation sites is 2. The predicted octanol–water partition coefficient (Wildman–Crippen LogP) is 5.94. The highest BCUT2D eigenvalue weighted by Gasteiger charge is 2.31. The monoisotopic (exact) mass is 665 g/mol. The molecule has 0 spiro atoms. The molecule has 2 amide bonds. The van der Waals surface area contributed by atoms with E-state index < -0.39 is 30.5 Å². The molecule has 0 unspecified atom stereocenters. The zero-order valence-corrected chi connectivity index (χ0v) is 28.0.